The number of hydrogen-bond donors (Lipinski definition) is 0. The molecule has 0 aliphatic heterocycles. The largest absolute Gasteiger partial charge is 0.490 e. The molecule has 0 N–H and O–H groups in total. The van der Waals surface area contributed by atoms with Gasteiger partial charge in [-0.1, -0.05) is 43.2 Å². The predicted octanol–water partition coefficient (Wildman–Crippen LogP) is 6.59. The van der Waals surface area contributed by atoms with Crippen LogP contribution in [-0.4, -0.2) is 19.2 Å². The van der Waals surface area contributed by atoms with Crippen molar-refractivity contribution in [2.75, 3.05) is 7.11 Å². The van der Waals surface area contributed by atoms with E-state index in [0.29, 0.717) is 23.3 Å². The number of methoxy groups -OCH3 is 1. The van der Waals surface area contributed by atoms with Gasteiger partial charge in [-0.2, -0.15) is 0 Å². The summed E-state index contributed by atoms with van der Waals surface area (Å²) in [5.41, 5.74) is 0. The SMILES string of the molecule is CCC=C[C@H]1CCC[C@@H]1CC(CCCCC(=O)OC)Oc1cccc(Cl)c1. The maximum Gasteiger partial charge on any atom is 0.305 e. The molecule has 0 radical (unpaired) electrons. The maximum atomic E-state index is 11.3. The quantitative estimate of drug-likeness (QED) is 0.242. The van der Waals surface area contributed by atoms with Gasteiger partial charge in [-0.05, 0) is 75.0 Å². The number of rotatable bonds is 11. The van der Waals surface area contributed by atoms with E-state index in [4.69, 9.17) is 21.1 Å². The lowest BCUT2D eigenvalue weighted by Crippen LogP contribution is -2.22. The maximum absolute atomic E-state index is 11.3. The lowest BCUT2D eigenvalue weighted by atomic mass is 9.88. The Morgan fingerprint density at radius 3 is 2.93 bits per heavy atom. The Balaban J connectivity index is 1.95. The van der Waals surface area contributed by atoms with Crippen molar-refractivity contribution >= 4 is 17.6 Å². The molecule has 1 aromatic carbocycles. The summed E-state index contributed by atoms with van der Waals surface area (Å²) in [6.45, 7) is 2.19. The minimum atomic E-state index is -0.136. The van der Waals surface area contributed by atoms with E-state index in [1.54, 1.807) is 0 Å². The lowest BCUT2D eigenvalue weighted by Gasteiger charge is -2.25. The molecule has 0 aromatic heterocycles. The van der Waals surface area contributed by atoms with Crippen LogP contribution in [0.5, 0.6) is 5.75 Å². The van der Waals surface area contributed by atoms with Crippen LogP contribution in [0, 0.1) is 11.8 Å². The first-order valence-electron chi connectivity index (χ1n) is 10.3. The van der Waals surface area contributed by atoms with Crippen molar-refractivity contribution in [3.05, 3.63) is 41.4 Å². The molecule has 0 bridgehead atoms. The molecule has 3 atom stereocenters. The fourth-order valence-electron chi connectivity index (χ4n) is 3.96. The van der Waals surface area contributed by atoms with Gasteiger partial charge in [0, 0.05) is 11.4 Å². The van der Waals surface area contributed by atoms with Crippen LogP contribution in [-0.2, 0) is 9.53 Å². The van der Waals surface area contributed by atoms with Gasteiger partial charge >= 0.3 is 5.97 Å². The van der Waals surface area contributed by atoms with Crippen molar-refractivity contribution in [3.63, 3.8) is 0 Å². The zero-order valence-corrected chi connectivity index (χ0v) is 17.4. The molecule has 2 rings (SSSR count). The van der Waals surface area contributed by atoms with Crippen LogP contribution >= 0.6 is 11.6 Å². The number of allylic oxidation sites excluding steroid dienone is 2. The van der Waals surface area contributed by atoms with Crippen LogP contribution in [0.15, 0.2) is 36.4 Å². The first-order valence-corrected chi connectivity index (χ1v) is 10.7. The molecule has 1 aromatic rings. The molecule has 150 valence electrons. The highest BCUT2D eigenvalue weighted by Gasteiger charge is 2.28. The summed E-state index contributed by atoms with van der Waals surface area (Å²) in [4.78, 5) is 11.3. The summed E-state index contributed by atoms with van der Waals surface area (Å²) in [7, 11) is 1.44. The number of unbranched alkanes of at least 4 members (excludes halogenated alkanes) is 1. The third-order valence-corrected chi connectivity index (χ3v) is 5.62. The van der Waals surface area contributed by atoms with E-state index in [1.807, 2.05) is 24.3 Å². The smallest absolute Gasteiger partial charge is 0.305 e. The van der Waals surface area contributed by atoms with Crippen LogP contribution in [0.3, 0.4) is 0 Å². The molecule has 0 saturated heterocycles. The molecule has 1 saturated carbocycles. The Hall–Kier alpha value is -1.48. The lowest BCUT2D eigenvalue weighted by molar-refractivity contribution is -0.140. The van der Waals surface area contributed by atoms with Crippen LogP contribution < -0.4 is 4.74 Å². The highest BCUT2D eigenvalue weighted by molar-refractivity contribution is 6.30. The van der Waals surface area contributed by atoms with Crippen molar-refractivity contribution in [2.45, 2.75) is 70.8 Å². The number of esters is 1. The topological polar surface area (TPSA) is 35.5 Å². The molecule has 1 unspecified atom stereocenters. The second-order valence-electron chi connectivity index (χ2n) is 7.45. The first kappa shape index (κ1) is 21.8. The first-order chi connectivity index (χ1) is 13.1. The third-order valence-electron chi connectivity index (χ3n) is 5.39. The van der Waals surface area contributed by atoms with Gasteiger partial charge in [-0.15, -0.1) is 0 Å². The number of carbonyl (C=O) groups excluding carboxylic acids is 1. The van der Waals surface area contributed by atoms with Crippen LogP contribution in [0.2, 0.25) is 5.02 Å². The molecule has 0 spiro atoms. The summed E-state index contributed by atoms with van der Waals surface area (Å²) in [6.07, 6.45) is 14.1. The van der Waals surface area contributed by atoms with E-state index in [1.165, 1.54) is 26.4 Å². The van der Waals surface area contributed by atoms with Crippen LogP contribution in [0.25, 0.3) is 0 Å². The van der Waals surface area contributed by atoms with Gasteiger partial charge in [0.15, 0.2) is 0 Å². The average Bonchev–Trinajstić information content (AvgIpc) is 3.10. The Bertz CT molecular complexity index is 599. The third kappa shape index (κ3) is 7.96. The zero-order chi connectivity index (χ0) is 19.5. The summed E-state index contributed by atoms with van der Waals surface area (Å²) in [5.74, 6) is 2.05. The number of halogens is 1. The molecular formula is C23H33ClO3. The van der Waals surface area contributed by atoms with E-state index in [0.717, 1.165) is 37.9 Å². The molecule has 1 fully saturated rings. The molecule has 4 heteroatoms. The van der Waals surface area contributed by atoms with Crippen LogP contribution in [0.4, 0.5) is 0 Å². The number of carbonyl (C=O) groups is 1. The molecule has 3 nitrogen and oxygen atoms in total. The van der Waals surface area contributed by atoms with Crippen molar-refractivity contribution in [1.82, 2.24) is 0 Å². The predicted molar refractivity (Wildman–Crippen MR) is 111 cm³/mol. The summed E-state index contributed by atoms with van der Waals surface area (Å²) in [6, 6.07) is 7.64. The van der Waals surface area contributed by atoms with Crippen molar-refractivity contribution in [2.24, 2.45) is 11.8 Å². The molecule has 1 aliphatic rings. The second kappa shape index (κ2) is 12.1. The van der Waals surface area contributed by atoms with E-state index in [-0.39, 0.29) is 12.1 Å². The Morgan fingerprint density at radius 1 is 1.33 bits per heavy atom. The number of ether oxygens (including phenoxy) is 2. The van der Waals surface area contributed by atoms with Crippen molar-refractivity contribution in [3.8, 4) is 5.75 Å². The normalized spacial score (nSPS) is 20.7. The second-order valence-corrected chi connectivity index (χ2v) is 7.88. The fourth-order valence-corrected chi connectivity index (χ4v) is 4.14. The van der Waals surface area contributed by atoms with E-state index >= 15 is 0 Å². The summed E-state index contributed by atoms with van der Waals surface area (Å²) < 4.78 is 11.1. The molecular weight excluding hydrogens is 360 g/mol. The number of hydrogen-bond acceptors (Lipinski definition) is 3. The Kier molecular flexibility index (Phi) is 9.75. The van der Waals surface area contributed by atoms with Gasteiger partial charge in [-0.3, -0.25) is 4.79 Å². The number of benzene rings is 1. The van der Waals surface area contributed by atoms with Gasteiger partial charge in [0.25, 0.3) is 0 Å². The Morgan fingerprint density at radius 2 is 2.19 bits per heavy atom. The standard InChI is InChI=1S/C23H33ClO3/c1-3-4-9-18-10-7-11-19(18)16-21(13-5-6-15-23(25)26-2)27-22-14-8-12-20(24)17-22/h4,8-9,12,14,17-19,21H,3,5-7,10-11,13,15-16H2,1-2H3/t18-,19+,21?/m0/s1. The van der Waals surface area contributed by atoms with Gasteiger partial charge in [0.05, 0.1) is 13.2 Å². The minimum Gasteiger partial charge on any atom is -0.490 e. The molecule has 27 heavy (non-hydrogen) atoms. The van der Waals surface area contributed by atoms with Crippen molar-refractivity contribution < 1.29 is 14.3 Å². The average molecular weight is 393 g/mol. The molecule has 0 heterocycles. The highest BCUT2D eigenvalue weighted by atomic mass is 35.5. The summed E-state index contributed by atoms with van der Waals surface area (Å²) >= 11 is 6.12. The Labute approximate surface area is 169 Å². The highest BCUT2D eigenvalue weighted by Crippen LogP contribution is 2.37. The van der Waals surface area contributed by atoms with Gasteiger partial charge in [0.1, 0.15) is 5.75 Å². The fraction of sp³-hybridized carbons (Fsp3) is 0.609. The molecule has 1 aliphatic carbocycles. The summed E-state index contributed by atoms with van der Waals surface area (Å²) in [5, 5.41) is 0.696. The zero-order valence-electron chi connectivity index (χ0n) is 16.7. The van der Waals surface area contributed by atoms with Gasteiger partial charge < -0.3 is 9.47 Å². The monoisotopic (exact) mass is 392 g/mol. The van der Waals surface area contributed by atoms with Crippen molar-refractivity contribution in [1.29, 1.82) is 0 Å². The van der Waals surface area contributed by atoms with Crippen LogP contribution in [0.1, 0.15) is 64.7 Å². The van der Waals surface area contributed by atoms with E-state index in [9.17, 15) is 4.79 Å². The molecule has 0 amide bonds. The van der Waals surface area contributed by atoms with Gasteiger partial charge in [-0.25, -0.2) is 0 Å². The van der Waals surface area contributed by atoms with E-state index < -0.39 is 0 Å². The van der Waals surface area contributed by atoms with Gasteiger partial charge in [0.2, 0.25) is 0 Å². The van der Waals surface area contributed by atoms with E-state index in [2.05, 4.69) is 19.1 Å². The minimum absolute atomic E-state index is 0.136.